The second-order valence-corrected chi connectivity index (χ2v) is 3.55. The smallest absolute Gasteiger partial charge is 0.0462 e. The largest absolute Gasteiger partial charge is 0.385 e. The minimum absolute atomic E-state index is 0.927. The van der Waals surface area contributed by atoms with Crippen molar-refractivity contribution in [1.29, 1.82) is 0 Å². The van der Waals surface area contributed by atoms with Crippen molar-refractivity contribution in [2.45, 2.75) is 51.4 Å². The van der Waals surface area contributed by atoms with Gasteiger partial charge in [-0.2, -0.15) is 0 Å². The van der Waals surface area contributed by atoms with Crippen LogP contribution in [0.1, 0.15) is 51.4 Å². The van der Waals surface area contributed by atoms with Crippen molar-refractivity contribution < 1.29 is 4.74 Å². The maximum absolute atomic E-state index is 4.99. The van der Waals surface area contributed by atoms with Crippen LogP contribution in [0.15, 0.2) is 12.7 Å². The Morgan fingerprint density at radius 1 is 0.923 bits per heavy atom. The quantitative estimate of drug-likeness (QED) is 0.369. The third-order valence-corrected chi connectivity index (χ3v) is 2.26. The molecule has 0 aliphatic heterocycles. The molecule has 0 aromatic heterocycles. The van der Waals surface area contributed by atoms with Crippen LogP contribution in [0.4, 0.5) is 0 Å². The Labute approximate surface area is 83.2 Å². The van der Waals surface area contributed by atoms with Gasteiger partial charge in [0.1, 0.15) is 0 Å². The van der Waals surface area contributed by atoms with Crippen LogP contribution in [0.5, 0.6) is 0 Å². The van der Waals surface area contributed by atoms with Gasteiger partial charge in [0.25, 0.3) is 0 Å². The van der Waals surface area contributed by atoms with Crippen molar-refractivity contribution in [3.63, 3.8) is 0 Å². The first-order valence-electron chi connectivity index (χ1n) is 5.51. The average Bonchev–Trinajstić information content (AvgIpc) is 2.16. The number of rotatable bonds is 10. The van der Waals surface area contributed by atoms with Crippen molar-refractivity contribution in [3.05, 3.63) is 12.7 Å². The summed E-state index contributed by atoms with van der Waals surface area (Å²) in [5, 5.41) is 0. The summed E-state index contributed by atoms with van der Waals surface area (Å²) in [6.45, 7) is 4.64. The van der Waals surface area contributed by atoms with Crippen molar-refractivity contribution in [2.24, 2.45) is 0 Å². The molecule has 0 rings (SSSR count). The lowest BCUT2D eigenvalue weighted by Gasteiger charge is -2.00. The summed E-state index contributed by atoms with van der Waals surface area (Å²) in [5.74, 6) is 0. The first-order valence-corrected chi connectivity index (χ1v) is 5.51. The number of ether oxygens (including phenoxy) is 1. The minimum Gasteiger partial charge on any atom is -0.385 e. The SMILES string of the molecule is C=CCCCCCCCCCOC. The maximum atomic E-state index is 4.99. The van der Waals surface area contributed by atoms with E-state index in [0.29, 0.717) is 0 Å². The molecule has 0 saturated carbocycles. The second-order valence-electron chi connectivity index (χ2n) is 3.55. The third kappa shape index (κ3) is 11.7. The molecular formula is C12H24O. The van der Waals surface area contributed by atoms with Crippen molar-refractivity contribution in [2.75, 3.05) is 13.7 Å². The van der Waals surface area contributed by atoms with Crippen molar-refractivity contribution >= 4 is 0 Å². The molecule has 0 atom stereocenters. The van der Waals surface area contributed by atoms with Gasteiger partial charge in [-0.3, -0.25) is 0 Å². The summed E-state index contributed by atoms with van der Waals surface area (Å²) in [5.41, 5.74) is 0. The van der Waals surface area contributed by atoms with Gasteiger partial charge in [-0.05, 0) is 19.3 Å². The molecule has 78 valence electrons. The van der Waals surface area contributed by atoms with Crippen LogP contribution in [-0.2, 0) is 4.74 Å². The van der Waals surface area contributed by atoms with Crippen LogP contribution in [0, 0.1) is 0 Å². The molecule has 0 aliphatic rings. The highest BCUT2D eigenvalue weighted by molar-refractivity contribution is 4.65. The lowest BCUT2D eigenvalue weighted by molar-refractivity contribution is 0.192. The van der Waals surface area contributed by atoms with Gasteiger partial charge in [0.15, 0.2) is 0 Å². The van der Waals surface area contributed by atoms with Crippen molar-refractivity contribution in [1.82, 2.24) is 0 Å². The number of methoxy groups -OCH3 is 1. The Morgan fingerprint density at radius 3 is 2.00 bits per heavy atom. The van der Waals surface area contributed by atoms with Gasteiger partial charge in [-0.15, -0.1) is 6.58 Å². The van der Waals surface area contributed by atoms with Gasteiger partial charge in [-0.1, -0.05) is 38.2 Å². The van der Waals surface area contributed by atoms with Crippen LogP contribution in [0.2, 0.25) is 0 Å². The van der Waals surface area contributed by atoms with Gasteiger partial charge in [0.05, 0.1) is 0 Å². The van der Waals surface area contributed by atoms with E-state index >= 15 is 0 Å². The topological polar surface area (TPSA) is 9.23 Å². The van der Waals surface area contributed by atoms with Crippen LogP contribution in [0.25, 0.3) is 0 Å². The molecule has 0 aromatic carbocycles. The summed E-state index contributed by atoms with van der Waals surface area (Å²) < 4.78 is 4.99. The fraction of sp³-hybridized carbons (Fsp3) is 0.833. The number of hydrogen-bond acceptors (Lipinski definition) is 1. The molecule has 0 N–H and O–H groups in total. The zero-order chi connectivity index (χ0) is 9.78. The Morgan fingerprint density at radius 2 is 1.46 bits per heavy atom. The molecule has 13 heavy (non-hydrogen) atoms. The molecule has 0 bridgehead atoms. The average molecular weight is 184 g/mol. The van der Waals surface area contributed by atoms with E-state index in [1.54, 1.807) is 7.11 Å². The van der Waals surface area contributed by atoms with E-state index in [2.05, 4.69) is 6.58 Å². The van der Waals surface area contributed by atoms with Gasteiger partial charge in [-0.25, -0.2) is 0 Å². The lowest BCUT2D eigenvalue weighted by Crippen LogP contribution is -1.88. The molecule has 0 aliphatic carbocycles. The van der Waals surface area contributed by atoms with Crippen LogP contribution in [0.3, 0.4) is 0 Å². The van der Waals surface area contributed by atoms with E-state index in [9.17, 15) is 0 Å². The molecule has 0 spiro atoms. The van der Waals surface area contributed by atoms with E-state index in [1.807, 2.05) is 6.08 Å². The first kappa shape index (κ1) is 12.7. The van der Waals surface area contributed by atoms with E-state index in [1.165, 1.54) is 51.4 Å². The van der Waals surface area contributed by atoms with E-state index < -0.39 is 0 Å². The predicted molar refractivity (Wildman–Crippen MR) is 59.0 cm³/mol. The summed E-state index contributed by atoms with van der Waals surface area (Å²) in [6, 6.07) is 0. The molecule has 0 heterocycles. The Bertz CT molecular complexity index is 99.3. The fourth-order valence-corrected chi connectivity index (χ4v) is 1.42. The highest BCUT2D eigenvalue weighted by Gasteiger charge is 1.90. The van der Waals surface area contributed by atoms with Crippen molar-refractivity contribution in [3.8, 4) is 0 Å². The monoisotopic (exact) mass is 184 g/mol. The molecule has 0 aromatic rings. The number of hydrogen-bond donors (Lipinski definition) is 0. The van der Waals surface area contributed by atoms with Crippen LogP contribution >= 0.6 is 0 Å². The zero-order valence-corrected chi connectivity index (χ0v) is 9.06. The molecule has 0 amide bonds. The Hall–Kier alpha value is -0.300. The summed E-state index contributed by atoms with van der Waals surface area (Å²) >= 11 is 0. The molecule has 1 heteroatoms. The van der Waals surface area contributed by atoms with E-state index in [-0.39, 0.29) is 0 Å². The normalized spacial score (nSPS) is 10.2. The zero-order valence-electron chi connectivity index (χ0n) is 9.06. The lowest BCUT2D eigenvalue weighted by atomic mass is 10.1. The van der Waals surface area contributed by atoms with Gasteiger partial charge < -0.3 is 4.74 Å². The molecule has 0 fully saturated rings. The summed E-state index contributed by atoms with van der Waals surface area (Å²) in [7, 11) is 1.77. The Balaban J connectivity index is 2.79. The highest BCUT2D eigenvalue weighted by Crippen LogP contribution is 2.08. The molecule has 0 saturated heterocycles. The summed E-state index contributed by atoms with van der Waals surface area (Å²) in [6.07, 6.45) is 12.6. The highest BCUT2D eigenvalue weighted by atomic mass is 16.5. The summed E-state index contributed by atoms with van der Waals surface area (Å²) in [4.78, 5) is 0. The van der Waals surface area contributed by atoms with Crippen LogP contribution < -0.4 is 0 Å². The predicted octanol–water partition coefficient (Wildman–Crippen LogP) is 3.94. The maximum Gasteiger partial charge on any atom is 0.0462 e. The second kappa shape index (κ2) is 11.7. The molecular weight excluding hydrogens is 160 g/mol. The molecule has 0 radical (unpaired) electrons. The van der Waals surface area contributed by atoms with E-state index in [4.69, 9.17) is 4.74 Å². The Kier molecular flexibility index (Phi) is 11.4. The number of allylic oxidation sites excluding steroid dienone is 1. The molecule has 1 nitrogen and oxygen atoms in total. The van der Waals surface area contributed by atoms with Crippen LogP contribution in [-0.4, -0.2) is 13.7 Å². The number of unbranched alkanes of at least 4 members (excludes halogenated alkanes) is 7. The standard InChI is InChI=1S/C12H24O/c1-3-4-5-6-7-8-9-10-11-12-13-2/h3H,1,4-12H2,2H3. The van der Waals surface area contributed by atoms with Gasteiger partial charge in [0.2, 0.25) is 0 Å². The third-order valence-electron chi connectivity index (χ3n) is 2.26. The molecule has 0 unspecified atom stereocenters. The van der Waals surface area contributed by atoms with Gasteiger partial charge >= 0.3 is 0 Å². The van der Waals surface area contributed by atoms with Gasteiger partial charge in [0, 0.05) is 13.7 Å². The minimum atomic E-state index is 0.927. The first-order chi connectivity index (χ1) is 6.41. The van der Waals surface area contributed by atoms with E-state index in [0.717, 1.165) is 6.61 Å². The fourth-order valence-electron chi connectivity index (χ4n) is 1.42.